The predicted octanol–water partition coefficient (Wildman–Crippen LogP) is 3.57. The quantitative estimate of drug-likeness (QED) is 0.597. The Balaban J connectivity index is 2.14. The minimum Gasteiger partial charge on any atom is -0.465 e. The lowest BCUT2D eigenvalue weighted by molar-refractivity contribution is -0.145. The second-order valence-electron chi connectivity index (χ2n) is 5.99. The highest BCUT2D eigenvalue weighted by molar-refractivity contribution is 6.31. The molecular formula is C19H19ClFNO5. The van der Waals surface area contributed by atoms with E-state index in [1.54, 1.807) is 13.8 Å². The topological polar surface area (TPSA) is 85.5 Å². The zero-order valence-corrected chi connectivity index (χ0v) is 16.1. The van der Waals surface area contributed by atoms with Gasteiger partial charge < -0.3 is 14.5 Å². The van der Waals surface area contributed by atoms with Crippen LogP contribution < -0.4 is 0 Å². The van der Waals surface area contributed by atoms with Gasteiger partial charge in [0, 0.05) is 16.3 Å². The Morgan fingerprint density at radius 1 is 1.26 bits per heavy atom. The molecule has 144 valence electrons. The molecule has 1 aromatic heterocycles. The number of H-pyrrole nitrogens is 1. The first-order chi connectivity index (χ1) is 12.7. The van der Waals surface area contributed by atoms with Gasteiger partial charge in [0.1, 0.15) is 5.82 Å². The summed E-state index contributed by atoms with van der Waals surface area (Å²) in [4.78, 5) is 39.3. The molecule has 2 aromatic rings. The molecule has 6 nitrogen and oxygen atoms in total. The number of methoxy groups -OCH3 is 1. The van der Waals surface area contributed by atoms with E-state index in [0.717, 1.165) is 0 Å². The number of nitrogens with one attached hydrogen (secondary N) is 1. The highest BCUT2D eigenvalue weighted by Gasteiger charge is 2.27. The molecule has 0 amide bonds. The number of benzene rings is 1. The van der Waals surface area contributed by atoms with Crippen molar-refractivity contribution in [2.75, 3.05) is 7.11 Å². The minimum absolute atomic E-state index is 0.00342. The van der Waals surface area contributed by atoms with Crippen LogP contribution in [0.25, 0.3) is 0 Å². The predicted molar refractivity (Wildman–Crippen MR) is 96.6 cm³/mol. The lowest BCUT2D eigenvalue weighted by Crippen LogP contribution is -2.26. The highest BCUT2D eigenvalue weighted by atomic mass is 35.5. The normalized spacial score (nSPS) is 11.8. The van der Waals surface area contributed by atoms with Crippen molar-refractivity contribution in [3.63, 3.8) is 0 Å². The number of Topliss-reactive ketones (excluding diaryl/α,β-unsaturated/α-hetero) is 1. The van der Waals surface area contributed by atoms with Gasteiger partial charge in [-0.25, -0.2) is 9.18 Å². The maximum Gasteiger partial charge on any atom is 0.339 e. The second-order valence-corrected chi connectivity index (χ2v) is 6.40. The van der Waals surface area contributed by atoms with E-state index in [0.29, 0.717) is 11.3 Å². The molecule has 2 rings (SSSR count). The van der Waals surface area contributed by atoms with Gasteiger partial charge in [0.15, 0.2) is 6.10 Å². The number of aromatic amines is 1. The summed E-state index contributed by atoms with van der Waals surface area (Å²) in [6.07, 6.45) is -1.54. The van der Waals surface area contributed by atoms with Crippen molar-refractivity contribution in [2.45, 2.75) is 33.3 Å². The van der Waals surface area contributed by atoms with Gasteiger partial charge in [-0.2, -0.15) is 0 Å². The van der Waals surface area contributed by atoms with Gasteiger partial charge in [-0.15, -0.1) is 0 Å². The maximum absolute atomic E-state index is 13.8. The van der Waals surface area contributed by atoms with Gasteiger partial charge in [0.2, 0.25) is 5.78 Å². The van der Waals surface area contributed by atoms with Crippen LogP contribution in [0.3, 0.4) is 0 Å². The van der Waals surface area contributed by atoms with E-state index in [9.17, 15) is 18.8 Å². The zero-order valence-electron chi connectivity index (χ0n) is 15.3. The number of carbonyl (C=O) groups is 3. The zero-order chi connectivity index (χ0) is 20.3. The molecule has 0 aliphatic carbocycles. The summed E-state index contributed by atoms with van der Waals surface area (Å²) in [5.74, 6) is -2.51. The number of ketones is 1. The number of rotatable bonds is 6. The van der Waals surface area contributed by atoms with Gasteiger partial charge in [0.25, 0.3) is 0 Å². The van der Waals surface area contributed by atoms with Crippen LogP contribution in [0, 0.1) is 19.7 Å². The fourth-order valence-corrected chi connectivity index (χ4v) is 2.98. The average molecular weight is 396 g/mol. The first-order valence-electron chi connectivity index (χ1n) is 8.11. The molecule has 1 aromatic carbocycles. The summed E-state index contributed by atoms with van der Waals surface area (Å²) in [6.45, 7) is 4.63. The standard InChI is InChI=1S/C19H19ClFNO5/c1-9-16(19(25)26-4)10(2)22-17(9)18(24)11(3)27-15(23)8-12-13(20)6-5-7-14(12)21/h5-7,11,22H,8H2,1-4H3/t11-/m1/s1. The molecule has 0 aliphatic rings. The van der Waals surface area contributed by atoms with Crippen LogP contribution in [0.15, 0.2) is 18.2 Å². The first kappa shape index (κ1) is 20.6. The summed E-state index contributed by atoms with van der Waals surface area (Å²) < 4.78 is 23.6. The van der Waals surface area contributed by atoms with E-state index >= 15 is 0 Å². The van der Waals surface area contributed by atoms with E-state index in [4.69, 9.17) is 21.1 Å². The molecule has 1 N–H and O–H groups in total. The molecule has 0 spiro atoms. The second kappa shape index (κ2) is 8.35. The molecule has 1 atom stereocenters. The molecule has 0 bridgehead atoms. The number of carbonyl (C=O) groups excluding carboxylic acids is 3. The van der Waals surface area contributed by atoms with Crippen LogP contribution in [-0.2, 0) is 20.7 Å². The summed E-state index contributed by atoms with van der Waals surface area (Å²) >= 11 is 5.89. The lowest BCUT2D eigenvalue weighted by Gasteiger charge is -2.13. The fourth-order valence-electron chi connectivity index (χ4n) is 2.75. The molecule has 27 heavy (non-hydrogen) atoms. The highest BCUT2D eigenvalue weighted by Crippen LogP contribution is 2.22. The molecule has 0 saturated heterocycles. The van der Waals surface area contributed by atoms with E-state index in [1.807, 2.05) is 0 Å². The van der Waals surface area contributed by atoms with Crippen LogP contribution in [-0.4, -0.2) is 35.9 Å². The van der Waals surface area contributed by atoms with Crippen LogP contribution in [0.1, 0.15) is 44.6 Å². The Kier molecular flexibility index (Phi) is 6.38. The van der Waals surface area contributed by atoms with E-state index in [1.165, 1.54) is 32.2 Å². The van der Waals surface area contributed by atoms with E-state index < -0.39 is 36.1 Å². The smallest absolute Gasteiger partial charge is 0.339 e. The van der Waals surface area contributed by atoms with Crippen LogP contribution in [0.2, 0.25) is 5.02 Å². The van der Waals surface area contributed by atoms with Crippen LogP contribution in [0.4, 0.5) is 4.39 Å². The van der Waals surface area contributed by atoms with Crippen molar-refractivity contribution in [1.82, 2.24) is 4.98 Å². The SMILES string of the molecule is COC(=O)c1c(C)[nH]c(C(=O)[C@@H](C)OC(=O)Cc2c(F)cccc2Cl)c1C. The Hall–Kier alpha value is -2.67. The molecule has 0 fully saturated rings. The van der Waals surface area contributed by atoms with Gasteiger partial charge in [0.05, 0.1) is 24.8 Å². The molecule has 1 heterocycles. The Labute approximate surface area is 160 Å². The number of ether oxygens (including phenoxy) is 2. The number of esters is 2. The van der Waals surface area contributed by atoms with Gasteiger partial charge in [-0.1, -0.05) is 17.7 Å². The van der Waals surface area contributed by atoms with Crippen molar-refractivity contribution in [3.8, 4) is 0 Å². The molecule has 0 radical (unpaired) electrons. The largest absolute Gasteiger partial charge is 0.465 e. The number of aryl methyl sites for hydroxylation is 1. The lowest BCUT2D eigenvalue weighted by atomic mass is 10.1. The van der Waals surface area contributed by atoms with Crippen LogP contribution in [0.5, 0.6) is 0 Å². The van der Waals surface area contributed by atoms with E-state index in [2.05, 4.69) is 4.98 Å². The summed E-state index contributed by atoms with van der Waals surface area (Å²) in [5, 5.41) is 0.101. The van der Waals surface area contributed by atoms with Crippen molar-refractivity contribution < 1.29 is 28.2 Å². The van der Waals surface area contributed by atoms with Gasteiger partial charge >= 0.3 is 11.9 Å². The fraction of sp³-hybridized carbons (Fsp3) is 0.316. The van der Waals surface area contributed by atoms with Crippen molar-refractivity contribution in [2.24, 2.45) is 0 Å². The number of aromatic nitrogens is 1. The molecular weight excluding hydrogens is 377 g/mol. The van der Waals surface area contributed by atoms with Gasteiger partial charge in [-0.3, -0.25) is 9.59 Å². The van der Waals surface area contributed by atoms with E-state index in [-0.39, 0.29) is 21.8 Å². The number of halogens is 2. The third kappa shape index (κ3) is 4.36. The van der Waals surface area contributed by atoms with Crippen molar-refractivity contribution >= 4 is 29.3 Å². The molecule has 0 saturated carbocycles. The molecule has 0 aliphatic heterocycles. The third-order valence-electron chi connectivity index (χ3n) is 4.13. The number of hydrogen-bond acceptors (Lipinski definition) is 5. The Morgan fingerprint density at radius 2 is 1.93 bits per heavy atom. The molecule has 8 heteroatoms. The van der Waals surface area contributed by atoms with Gasteiger partial charge in [-0.05, 0) is 38.5 Å². The summed E-state index contributed by atoms with van der Waals surface area (Å²) in [6, 6.07) is 4.07. The monoisotopic (exact) mass is 395 g/mol. The Bertz CT molecular complexity index is 885. The summed E-state index contributed by atoms with van der Waals surface area (Å²) in [5.41, 5.74) is 1.29. The first-order valence-corrected chi connectivity index (χ1v) is 8.49. The van der Waals surface area contributed by atoms with Crippen LogP contribution >= 0.6 is 11.6 Å². The third-order valence-corrected chi connectivity index (χ3v) is 4.49. The van der Waals surface area contributed by atoms with Crippen molar-refractivity contribution in [3.05, 3.63) is 57.1 Å². The maximum atomic E-state index is 13.8. The Morgan fingerprint density at radius 3 is 2.52 bits per heavy atom. The molecule has 0 unspecified atom stereocenters. The number of hydrogen-bond donors (Lipinski definition) is 1. The average Bonchev–Trinajstić information content (AvgIpc) is 2.91. The van der Waals surface area contributed by atoms with Crippen molar-refractivity contribution in [1.29, 1.82) is 0 Å². The minimum atomic E-state index is -1.13. The summed E-state index contributed by atoms with van der Waals surface area (Å²) in [7, 11) is 1.24.